The third kappa shape index (κ3) is 3.01. The van der Waals surface area contributed by atoms with Crippen LogP contribution in [-0.2, 0) is 0 Å². The first kappa shape index (κ1) is 13.3. The minimum Gasteiger partial charge on any atom is -0.316 e. The molecule has 17 heavy (non-hydrogen) atoms. The summed E-state index contributed by atoms with van der Waals surface area (Å²) in [4.78, 5) is 5.35. The van der Waals surface area contributed by atoms with Crippen LogP contribution in [0.4, 0.5) is 0 Å². The van der Waals surface area contributed by atoms with Crippen molar-refractivity contribution >= 4 is 0 Å². The predicted molar refractivity (Wildman–Crippen MR) is 73.3 cm³/mol. The molecule has 0 bridgehead atoms. The summed E-state index contributed by atoms with van der Waals surface area (Å²) in [7, 11) is 0. The maximum absolute atomic E-state index is 3.37. The predicted octanol–water partition coefficient (Wildman–Crippen LogP) is 1.40. The second-order valence-electron chi connectivity index (χ2n) is 7.02. The Kier molecular flexibility index (Phi) is 3.81. The van der Waals surface area contributed by atoms with Crippen molar-refractivity contribution in [2.75, 3.05) is 32.7 Å². The molecule has 2 aliphatic rings. The highest BCUT2D eigenvalue weighted by Gasteiger charge is 2.36. The fourth-order valence-electron chi connectivity index (χ4n) is 3.75. The monoisotopic (exact) mass is 239 g/mol. The Bertz CT molecular complexity index is 243. The van der Waals surface area contributed by atoms with Gasteiger partial charge in [0.15, 0.2) is 0 Å². The fourth-order valence-corrected chi connectivity index (χ4v) is 3.75. The van der Waals surface area contributed by atoms with Crippen LogP contribution in [0.2, 0.25) is 0 Å². The molecule has 0 aromatic heterocycles. The Morgan fingerprint density at radius 1 is 1.06 bits per heavy atom. The lowest BCUT2D eigenvalue weighted by atomic mass is 9.95. The van der Waals surface area contributed by atoms with Gasteiger partial charge in [-0.3, -0.25) is 9.80 Å². The lowest BCUT2D eigenvalue weighted by molar-refractivity contribution is -0.0285. The molecule has 0 spiro atoms. The summed E-state index contributed by atoms with van der Waals surface area (Å²) in [5.41, 5.74) is 0.295. The minimum atomic E-state index is 0.295. The summed E-state index contributed by atoms with van der Waals surface area (Å²) in [6.07, 6.45) is 0. The van der Waals surface area contributed by atoms with Gasteiger partial charge in [0.25, 0.3) is 0 Å². The quantitative estimate of drug-likeness (QED) is 0.786. The third-order valence-electron chi connectivity index (χ3n) is 4.15. The maximum Gasteiger partial charge on any atom is 0.0203 e. The van der Waals surface area contributed by atoms with Crippen molar-refractivity contribution in [3.8, 4) is 0 Å². The highest BCUT2D eigenvalue weighted by atomic mass is 15.3. The van der Waals surface area contributed by atoms with Crippen LogP contribution in [0.1, 0.15) is 34.6 Å². The Morgan fingerprint density at radius 3 is 1.94 bits per heavy atom. The van der Waals surface area contributed by atoms with Crippen LogP contribution in [-0.4, -0.2) is 60.1 Å². The van der Waals surface area contributed by atoms with Gasteiger partial charge in [-0.2, -0.15) is 0 Å². The summed E-state index contributed by atoms with van der Waals surface area (Å²) in [5.74, 6) is 0.899. The van der Waals surface area contributed by atoms with E-state index >= 15 is 0 Å². The molecular weight excluding hydrogens is 210 g/mol. The van der Waals surface area contributed by atoms with Gasteiger partial charge in [0.05, 0.1) is 0 Å². The second kappa shape index (κ2) is 4.87. The standard InChI is InChI=1S/C14H29N3/c1-11-8-16(10-13-6-15-7-13)9-12(2)17(11)14(3,4)5/h11-13,15H,6-10H2,1-5H3. The molecule has 0 aliphatic carbocycles. The van der Waals surface area contributed by atoms with E-state index in [-0.39, 0.29) is 0 Å². The first-order valence-electron chi connectivity index (χ1n) is 7.09. The van der Waals surface area contributed by atoms with Crippen LogP contribution in [0.3, 0.4) is 0 Å². The molecule has 0 aromatic carbocycles. The zero-order valence-corrected chi connectivity index (χ0v) is 12.2. The van der Waals surface area contributed by atoms with Gasteiger partial charge in [0.1, 0.15) is 0 Å². The Hall–Kier alpha value is -0.120. The molecule has 3 heteroatoms. The highest BCUT2D eigenvalue weighted by Crippen LogP contribution is 2.26. The van der Waals surface area contributed by atoms with E-state index in [0.717, 1.165) is 5.92 Å². The van der Waals surface area contributed by atoms with Gasteiger partial charge in [0.2, 0.25) is 0 Å². The number of hydrogen-bond acceptors (Lipinski definition) is 3. The van der Waals surface area contributed by atoms with Gasteiger partial charge in [-0.25, -0.2) is 0 Å². The maximum atomic E-state index is 3.37. The average molecular weight is 239 g/mol. The summed E-state index contributed by atoms with van der Waals surface area (Å²) in [5, 5.41) is 3.37. The molecule has 2 fully saturated rings. The number of nitrogens with one attached hydrogen (secondary N) is 1. The van der Waals surface area contributed by atoms with E-state index in [2.05, 4.69) is 49.7 Å². The zero-order chi connectivity index (χ0) is 12.6. The highest BCUT2D eigenvalue weighted by molar-refractivity contribution is 4.93. The molecule has 2 saturated heterocycles. The van der Waals surface area contributed by atoms with E-state index in [9.17, 15) is 0 Å². The summed E-state index contributed by atoms with van der Waals surface area (Å²) in [6, 6.07) is 1.35. The van der Waals surface area contributed by atoms with Gasteiger partial charge in [0, 0.05) is 50.3 Å². The lowest BCUT2D eigenvalue weighted by Crippen LogP contribution is -2.63. The van der Waals surface area contributed by atoms with Crippen LogP contribution >= 0.6 is 0 Å². The van der Waals surface area contributed by atoms with Crippen molar-refractivity contribution in [2.45, 2.75) is 52.2 Å². The normalized spacial score (nSPS) is 33.7. The van der Waals surface area contributed by atoms with Crippen LogP contribution in [0.5, 0.6) is 0 Å². The third-order valence-corrected chi connectivity index (χ3v) is 4.15. The minimum absolute atomic E-state index is 0.295. The molecule has 2 heterocycles. The molecule has 0 amide bonds. The Morgan fingerprint density at radius 2 is 1.59 bits per heavy atom. The molecule has 2 unspecified atom stereocenters. The number of hydrogen-bond donors (Lipinski definition) is 1. The molecule has 2 atom stereocenters. The molecule has 2 aliphatic heterocycles. The van der Waals surface area contributed by atoms with Gasteiger partial charge in [-0.15, -0.1) is 0 Å². The smallest absolute Gasteiger partial charge is 0.0203 e. The molecular formula is C14H29N3. The first-order chi connectivity index (χ1) is 7.88. The molecule has 0 saturated carbocycles. The summed E-state index contributed by atoms with van der Waals surface area (Å²) >= 11 is 0. The van der Waals surface area contributed by atoms with E-state index < -0.39 is 0 Å². The second-order valence-corrected chi connectivity index (χ2v) is 7.02. The average Bonchev–Trinajstić information content (AvgIpc) is 2.07. The van der Waals surface area contributed by atoms with Crippen molar-refractivity contribution in [3.63, 3.8) is 0 Å². The van der Waals surface area contributed by atoms with Crippen molar-refractivity contribution in [1.29, 1.82) is 0 Å². The van der Waals surface area contributed by atoms with Gasteiger partial charge in [-0.1, -0.05) is 0 Å². The number of rotatable bonds is 2. The van der Waals surface area contributed by atoms with E-state index in [1.807, 2.05) is 0 Å². The first-order valence-corrected chi connectivity index (χ1v) is 7.09. The van der Waals surface area contributed by atoms with Crippen LogP contribution < -0.4 is 5.32 Å². The van der Waals surface area contributed by atoms with Crippen LogP contribution in [0, 0.1) is 5.92 Å². The van der Waals surface area contributed by atoms with E-state index in [4.69, 9.17) is 0 Å². The van der Waals surface area contributed by atoms with Crippen molar-refractivity contribution in [3.05, 3.63) is 0 Å². The Labute approximate surface area is 107 Å². The van der Waals surface area contributed by atoms with Gasteiger partial charge in [-0.05, 0) is 40.5 Å². The lowest BCUT2D eigenvalue weighted by Gasteiger charge is -2.51. The molecule has 1 N–H and O–H groups in total. The number of nitrogens with zero attached hydrogens (tertiary/aromatic N) is 2. The van der Waals surface area contributed by atoms with Crippen LogP contribution in [0.15, 0.2) is 0 Å². The number of piperazine rings is 1. The van der Waals surface area contributed by atoms with Gasteiger partial charge >= 0.3 is 0 Å². The van der Waals surface area contributed by atoms with Crippen molar-refractivity contribution in [2.24, 2.45) is 5.92 Å². The molecule has 3 nitrogen and oxygen atoms in total. The van der Waals surface area contributed by atoms with Gasteiger partial charge < -0.3 is 5.32 Å². The summed E-state index contributed by atoms with van der Waals surface area (Å²) in [6.45, 7) is 18.0. The Balaban J connectivity index is 1.92. The van der Waals surface area contributed by atoms with Crippen molar-refractivity contribution < 1.29 is 0 Å². The SMILES string of the molecule is CC1CN(CC2CNC2)CC(C)N1C(C)(C)C. The van der Waals surface area contributed by atoms with E-state index in [1.54, 1.807) is 0 Å². The van der Waals surface area contributed by atoms with Crippen LogP contribution in [0.25, 0.3) is 0 Å². The zero-order valence-electron chi connectivity index (χ0n) is 12.2. The molecule has 2 rings (SSSR count). The topological polar surface area (TPSA) is 18.5 Å². The fraction of sp³-hybridized carbons (Fsp3) is 1.00. The van der Waals surface area contributed by atoms with E-state index in [0.29, 0.717) is 17.6 Å². The van der Waals surface area contributed by atoms with E-state index in [1.165, 1.54) is 32.7 Å². The largest absolute Gasteiger partial charge is 0.316 e. The summed E-state index contributed by atoms with van der Waals surface area (Å²) < 4.78 is 0. The molecule has 0 radical (unpaired) electrons. The van der Waals surface area contributed by atoms with Crippen molar-refractivity contribution in [1.82, 2.24) is 15.1 Å². The molecule has 0 aromatic rings. The molecule has 100 valence electrons.